The Labute approximate surface area is 128 Å². The monoisotopic (exact) mass is 334 g/mol. The van der Waals surface area contributed by atoms with Crippen LogP contribution >= 0.6 is 0 Å². The quantitative estimate of drug-likeness (QED) is 0.669. The van der Waals surface area contributed by atoms with Crippen LogP contribution in [-0.4, -0.2) is 27.9 Å². The van der Waals surface area contributed by atoms with Crippen molar-refractivity contribution in [3.63, 3.8) is 0 Å². The number of alkyl halides is 3. The molecular weight excluding hydrogens is 321 g/mol. The lowest BCUT2D eigenvalue weighted by molar-refractivity contribution is -0.394. The third-order valence-corrected chi connectivity index (χ3v) is 3.44. The summed E-state index contributed by atoms with van der Waals surface area (Å²) in [6.07, 6.45) is -2.55. The zero-order chi connectivity index (χ0) is 17.2. The molecular formula is C12H13F3N4O4. The van der Waals surface area contributed by atoms with Gasteiger partial charge in [0.25, 0.3) is 5.69 Å². The summed E-state index contributed by atoms with van der Waals surface area (Å²) >= 11 is 0. The smallest absolute Gasteiger partial charge is 0.312 e. The summed E-state index contributed by atoms with van der Waals surface area (Å²) in [5, 5.41) is 23.3. The lowest BCUT2D eigenvalue weighted by atomic mass is 10.1. The average Bonchev–Trinajstić information content (AvgIpc) is 2.46. The first kappa shape index (κ1) is 16.9. The molecule has 1 aliphatic heterocycles. The molecule has 0 amide bonds. The lowest BCUT2D eigenvalue weighted by Crippen LogP contribution is -2.36. The van der Waals surface area contributed by atoms with Crippen molar-refractivity contribution >= 4 is 17.1 Å². The molecule has 0 aliphatic carbocycles. The van der Waals surface area contributed by atoms with Crippen LogP contribution in [0.4, 0.5) is 30.2 Å². The molecule has 0 spiro atoms. The molecule has 1 aromatic carbocycles. The number of rotatable bonds is 4. The molecule has 0 unspecified atom stereocenters. The second-order valence-electron chi connectivity index (χ2n) is 5.06. The molecule has 0 atom stereocenters. The van der Waals surface area contributed by atoms with E-state index in [9.17, 15) is 33.4 Å². The zero-order valence-electron chi connectivity index (χ0n) is 11.8. The average molecular weight is 334 g/mol. The SMILES string of the molecule is O=[N+]([O-])c1cc([N+](=O)[O-])c(NN2CCCCC2)c(C(F)(F)F)c1. The van der Waals surface area contributed by atoms with Gasteiger partial charge in [0.05, 0.1) is 21.5 Å². The van der Waals surface area contributed by atoms with Gasteiger partial charge in [-0.1, -0.05) is 6.42 Å². The summed E-state index contributed by atoms with van der Waals surface area (Å²) in [4.78, 5) is 19.7. The van der Waals surface area contributed by atoms with Crippen LogP contribution in [-0.2, 0) is 6.18 Å². The molecule has 1 N–H and O–H groups in total. The molecule has 2 rings (SSSR count). The van der Waals surface area contributed by atoms with Crippen LogP contribution < -0.4 is 5.43 Å². The van der Waals surface area contributed by atoms with Crippen molar-refractivity contribution < 1.29 is 23.0 Å². The molecule has 1 aliphatic rings. The largest absolute Gasteiger partial charge is 0.418 e. The molecule has 0 bridgehead atoms. The molecule has 0 aromatic heterocycles. The van der Waals surface area contributed by atoms with Gasteiger partial charge in [-0.3, -0.25) is 20.2 Å². The number of non-ortho nitro benzene ring substituents is 1. The molecule has 0 saturated carbocycles. The summed E-state index contributed by atoms with van der Waals surface area (Å²) in [7, 11) is 0. The second kappa shape index (κ2) is 6.36. The van der Waals surface area contributed by atoms with E-state index in [-0.39, 0.29) is 0 Å². The number of anilines is 1. The van der Waals surface area contributed by atoms with Gasteiger partial charge in [-0.15, -0.1) is 0 Å². The van der Waals surface area contributed by atoms with Gasteiger partial charge in [-0.05, 0) is 12.8 Å². The van der Waals surface area contributed by atoms with Gasteiger partial charge in [0.1, 0.15) is 5.69 Å². The number of piperidine rings is 1. The van der Waals surface area contributed by atoms with Gasteiger partial charge < -0.3 is 5.43 Å². The predicted molar refractivity (Wildman–Crippen MR) is 73.8 cm³/mol. The number of hydrogen-bond acceptors (Lipinski definition) is 6. The maximum absolute atomic E-state index is 13.2. The van der Waals surface area contributed by atoms with Crippen molar-refractivity contribution in [1.29, 1.82) is 0 Å². The van der Waals surface area contributed by atoms with Crippen molar-refractivity contribution in [1.82, 2.24) is 5.01 Å². The number of hydrazine groups is 1. The molecule has 11 heteroatoms. The fourth-order valence-corrected chi connectivity index (χ4v) is 2.37. The van der Waals surface area contributed by atoms with Gasteiger partial charge >= 0.3 is 11.9 Å². The Kier molecular flexibility index (Phi) is 4.68. The summed E-state index contributed by atoms with van der Waals surface area (Å²) in [5.74, 6) is 0. The molecule has 1 heterocycles. The van der Waals surface area contributed by atoms with Crippen LogP contribution in [0.2, 0.25) is 0 Å². The number of nitrogens with zero attached hydrogens (tertiary/aromatic N) is 3. The summed E-state index contributed by atoms with van der Waals surface area (Å²) in [5.41, 5.74) is -1.73. The molecule has 0 radical (unpaired) electrons. The van der Waals surface area contributed by atoms with Gasteiger partial charge in [-0.2, -0.15) is 13.2 Å². The van der Waals surface area contributed by atoms with E-state index in [4.69, 9.17) is 0 Å². The zero-order valence-corrected chi connectivity index (χ0v) is 11.8. The fourth-order valence-electron chi connectivity index (χ4n) is 2.37. The highest BCUT2D eigenvalue weighted by molar-refractivity contribution is 5.70. The fraction of sp³-hybridized carbons (Fsp3) is 0.500. The summed E-state index contributed by atoms with van der Waals surface area (Å²) < 4.78 is 39.6. The Morgan fingerprint density at radius 1 is 1.04 bits per heavy atom. The number of benzene rings is 1. The van der Waals surface area contributed by atoms with Crippen LogP contribution in [0.25, 0.3) is 0 Å². The molecule has 1 saturated heterocycles. The minimum Gasteiger partial charge on any atom is -0.312 e. The minimum atomic E-state index is -4.96. The Balaban J connectivity index is 2.55. The summed E-state index contributed by atoms with van der Waals surface area (Å²) in [6.45, 7) is 0.872. The van der Waals surface area contributed by atoms with Gasteiger partial charge in [0.15, 0.2) is 0 Å². The highest BCUT2D eigenvalue weighted by atomic mass is 19.4. The van der Waals surface area contributed by atoms with Crippen LogP contribution in [0, 0.1) is 20.2 Å². The normalized spacial score (nSPS) is 16.1. The number of hydrogen-bond donors (Lipinski definition) is 1. The van der Waals surface area contributed by atoms with Gasteiger partial charge in [0.2, 0.25) is 0 Å². The van der Waals surface area contributed by atoms with E-state index in [1.165, 1.54) is 5.01 Å². The van der Waals surface area contributed by atoms with Crippen molar-refractivity contribution in [2.75, 3.05) is 18.5 Å². The van der Waals surface area contributed by atoms with E-state index in [2.05, 4.69) is 5.43 Å². The molecule has 8 nitrogen and oxygen atoms in total. The first-order valence-corrected chi connectivity index (χ1v) is 6.76. The van der Waals surface area contributed by atoms with Crippen LogP contribution in [0.5, 0.6) is 0 Å². The Morgan fingerprint density at radius 3 is 2.13 bits per heavy atom. The second-order valence-corrected chi connectivity index (χ2v) is 5.06. The maximum atomic E-state index is 13.2. The number of nitro groups is 2. The Bertz CT molecular complexity index is 629. The van der Waals surface area contributed by atoms with Crippen molar-refractivity contribution in [2.24, 2.45) is 0 Å². The molecule has 126 valence electrons. The van der Waals surface area contributed by atoms with Crippen molar-refractivity contribution in [3.05, 3.63) is 37.9 Å². The van der Waals surface area contributed by atoms with Crippen molar-refractivity contribution in [3.8, 4) is 0 Å². The minimum absolute atomic E-state index is 0.305. The highest BCUT2D eigenvalue weighted by Gasteiger charge is 2.40. The third kappa shape index (κ3) is 3.86. The molecule has 1 fully saturated rings. The number of nitro benzene ring substituents is 2. The van der Waals surface area contributed by atoms with Crippen LogP contribution in [0.1, 0.15) is 24.8 Å². The van der Waals surface area contributed by atoms with Crippen LogP contribution in [0.15, 0.2) is 12.1 Å². The van der Waals surface area contributed by atoms with Crippen LogP contribution in [0.3, 0.4) is 0 Å². The summed E-state index contributed by atoms with van der Waals surface area (Å²) in [6, 6.07) is 0.834. The van der Waals surface area contributed by atoms with E-state index in [1.807, 2.05) is 0 Å². The number of halogens is 3. The Hall–Kier alpha value is -2.43. The molecule has 23 heavy (non-hydrogen) atoms. The Morgan fingerprint density at radius 2 is 1.65 bits per heavy atom. The standard InChI is InChI=1S/C12H13F3N4O4/c13-12(14,15)9-6-8(18(20)21)7-10(19(22)23)11(9)16-17-4-2-1-3-5-17/h6-7,16H,1-5H2. The predicted octanol–water partition coefficient (Wildman–Crippen LogP) is 3.33. The highest BCUT2D eigenvalue weighted by Crippen LogP contribution is 2.42. The van der Waals surface area contributed by atoms with Gasteiger partial charge in [0, 0.05) is 19.2 Å². The molecule has 1 aromatic rings. The van der Waals surface area contributed by atoms with E-state index in [1.54, 1.807) is 0 Å². The van der Waals surface area contributed by atoms with Gasteiger partial charge in [-0.25, -0.2) is 5.01 Å². The maximum Gasteiger partial charge on any atom is 0.418 e. The number of nitrogens with one attached hydrogen (secondary N) is 1. The van der Waals surface area contributed by atoms with E-state index >= 15 is 0 Å². The van der Waals surface area contributed by atoms with E-state index in [0.717, 1.165) is 19.3 Å². The van der Waals surface area contributed by atoms with E-state index in [0.29, 0.717) is 25.2 Å². The van der Waals surface area contributed by atoms with E-state index < -0.39 is 38.6 Å². The third-order valence-electron chi connectivity index (χ3n) is 3.44. The first-order chi connectivity index (χ1) is 10.7. The topological polar surface area (TPSA) is 102 Å². The van der Waals surface area contributed by atoms with Crippen molar-refractivity contribution in [2.45, 2.75) is 25.4 Å². The first-order valence-electron chi connectivity index (χ1n) is 6.76. The lowest BCUT2D eigenvalue weighted by Gasteiger charge is -2.28.